The van der Waals surface area contributed by atoms with E-state index >= 15 is 0 Å². The molecular formula is C50H94O6. The number of rotatable bonds is 45. The molecule has 1 unspecified atom stereocenters. The summed E-state index contributed by atoms with van der Waals surface area (Å²) in [6, 6.07) is 0. The molecule has 0 aliphatic carbocycles. The van der Waals surface area contributed by atoms with Gasteiger partial charge in [-0.15, -0.1) is 0 Å². The van der Waals surface area contributed by atoms with E-state index in [0.29, 0.717) is 19.3 Å². The van der Waals surface area contributed by atoms with Gasteiger partial charge in [-0.3, -0.25) is 14.4 Å². The lowest BCUT2D eigenvalue weighted by molar-refractivity contribution is -0.167. The van der Waals surface area contributed by atoms with Crippen LogP contribution in [-0.4, -0.2) is 37.2 Å². The lowest BCUT2D eigenvalue weighted by atomic mass is 10.0. The van der Waals surface area contributed by atoms with Gasteiger partial charge in [-0.1, -0.05) is 219 Å². The first-order chi connectivity index (χ1) is 27.5. The van der Waals surface area contributed by atoms with Crippen LogP contribution in [0.1, 0.15) is 271 Å². The van der Waals surface area contributed by atoms with Gasteiger partial charge in [0.05, 0.1) is 0 Å². The van der Waals surface area contributed by atoms with E-state index in [1.165, 1.54) is 161 Å². The molecule has 0 radical (unpaired) electrons. The average molecular weight is 791 g/mol. The van der Waals surface area contributed by atoms with Gasteiger partial charge in [0.1, 0.15) is 13.2 Å². The Bertz CT molecular complexity index is 870. The number of allylic oxidation sites excluding steroid dienone is 2. The SMILES string of the molecule is CCCCCCCC/C=C\CCCCCC(=O)OC(COC(=O)CCCCCCCCCCCC)COC(=O)CCCCCCCCCCCCCCCCC. The maximum atomic E-state index is 12.7. The summed E-state index contributed by atoms with van der Waals surface area (Å²) in [5, 5.41) is 0. The van der Waals surface area contributed by atoms with E-state index in [9.17, 15) is 14.4 Å². The van der Waals surface area contributed by atoms with Crippen LogP contribution in [0.4, 0.5) is 0 Å². The molecule has 0 aliphatic heterocycles. The molecule has 6 heteroatoms. The minimum atomic E-state index is -0.769. The van der Waals surface area contributed by atoms with Crippen LogP contribution in [0.15, 0.2) is 12.2 Å². The third-order valence-electron chi connectivity index (χ3n) is 11.0. The van der Waals surface area contributed by atoms with Crippen molar-refractivity contribution in [3.05, 3.63) is 12.2 Å². The number of hydrogen-bond acceptors (Lipinski definition) is 6. The maximum absolute atomic E-state index is 12.7. The molecule has 0 rings (SSSR count). The topological polar surface area (TPSA) is 78.9 Å². The highest BCUT2D eigenvalue weighted by molar-refractivity contribution is 5.71. The molecule has 0 aliphatic rings. The molecule has 0 aromatic rings. The van der Waals surface area contributed by atoms with Gasteiger partial charge >= 0.3 is 17.9 Å². The zero-order valence-electron chi connectivity index (χ0n) is 37.7. The Hall–Kier alpha value is -1.85. The van der Waals surface area contributed by atoms with Crippen LogP contribution in [0.25, 0.3) is 0 Å². The third kappa shape index (κ3) is 43.3. The van der Waals surface area contributed by atoms with Crippen molar-refractivity contribution >= 4 is 17.9 Å². The minimum Gasteiger partial charge on any atom is -0.462 e. The number of unbranched alkanes of at least 4 members (excludes halogenated alkanes) is 32. The Morgan fingerprint density at radius 3 is 0.911 bits per heavy atom. The molecule has 0 aromatic carbocycles. The van der Waals surface area contributed by atoms with Crippen molar-refractivity contribution in [2.24, 2.45) is 0 Å². The molecule has 0 saturated heterocycles. The molecule has 56 heavy (non-hydrogen) atoms. The molecule has 6 nitrogen and oxygen atoms in total. The fourth-order valence-corrected chi connectivity index (χ4v) is 7.26. The first-order valence-corrected chi connectivity index (χ1v) is 24.7. The molecule has 0 spiro atoms. The number of carbonyl (C=O) groups is 3. The van der Waals surface area contributed by atoms with E-state index < -0.39 is 6.10 Å². The summed E-state index contributed by atoms with van der Waals surface area (Å²) in [5.74, 6) is -0.876. The Morgan fingerprint density at radius 2 is 0.589 bits per heavy atom. The number of esters is 3. The van der Waals surface area contributed by atoms with Gasteiger partial charge in [0, 0.05) is 19.3 Å². The zero-order chi connectivity index (χ0) is 40.8. The minimum absolute atomic E-state index is 0.0712. The summed E-state index contributed by atoms with van der Waals surface area (Å²) in [6.07, 6.45) is 49.1. The van der Waals surface area contributed by atoms with Crippen molar-refractivity contribution < 1.29 is 28.6 Å². The first kappa shape index (κ1) is 54.2. The Kier molecular flexibility index (Phi) is 44.3. The highest BCUT2D eigenvalue weighted by Crippen LogP contribution is 2.16. The predicted octanol–water partition coefficient (Wildman–Crippen LogP) is 15.8. The highest BCUT2D eigenvalue weighted by atomic mass is 16.6. The number of hydrogen-bond donors (Lipinski definition) is 0. The molecule has 0 bridgehead atoms. The van der Waals surface area contributed by atoms with Crippen molar-refractivity contribution in [3.63, 3.8) is 0 Å². The van der Waals surface area contributed by atoms with E-state index in [-0.39, 0.29) is 31.1 Å². The Morgan fingerprint density at radius 1 is 0.339 bits per heavy atom. The van der Waals surface area contributed by atoms with Gasteiger partial charge in [-0.2, -0.15) is 0 Å². The van der Waals surface area contributed by atoms with Crippen LogP contribution < -0.4 is 0 Å². The van der Waals surface area contributed by atoms with E-state index in [1.807, 2.05) is 0 Å². The number of carbonyl (C=O) groups excluding carboxylic acids is 3. The van der Waals surface area contributed by atoms with E-state index in [2.05, 4.69) is 32.9 Å². The molecule has 0 heterocycles. The van der Waals surface area contributed by atoms with Crippen molar-refractivity contribution in [2.75, 3.05) is 13.2 Å². The van der Waals surface area contributed by atoms with Crippen molar-refractivity contribution in [1.29, 1.82) is 0 Å². The van der Waals surface area contributed by atoms with Gasteiger partial charge < -0.3 is 14.2 Å². The number of ether oxygens (including phenoxy) is 3. The molecule has 0 saturated carbocycles. The van der Waals surface area contributed by atoms with Crippen LogP contribution in [0.5, 0.6) is 0 Å². The molecule has 330 valence electrons. The van der Waals surface area contributed by atoms with Crippen molar-refractivity contribution in [2.45, 2.75) is 277 Å². The normalized spacial score (nSPS) is 12.0. The van der Waals surface area contributed by atoms with E-state index in [4.69, 9.17) is 14.2 Å². The smallest absolute Gasteiger partial charge is 0.306 e. The second-order valence-electron chi connectivity index (χ2n) is 16.7. The molecule has 1 atom stereocenters. The van der Waals surface area contributed by atoms with Crippen LogP contribution in [-0.2, 0) is 28.6 Å². The lowest BCUT2D eigenvalue weighted by Crippen LogP contribution is -2.30. The summed E-state index contributed by atoms with van der Waals surface area (Å²) < 4.78 is 16.7. The second-order valence-corrected chi connectivity index (χ2v) is 16.7. The summed E-state index contributed by atoms with van der Waals surface area (Å²) in [5.41, 5.74) is 0. The summed E-state index contributed by atoms with van der Waals surface area (Å²) in [6.45, 7) is 6.63. The third-order valence-corrected chi connectivity index (χ3v) is 11.0. The standard InChI is InChI=1S/C50H94O6/c1-4-7-10-13-16-19-22-24-25-27-28-31-34-37-40-43-49(52)55-46-47(45-54-48(51)42-39-36-33-30-21-18-15-12-9-6-3)56-50(53)44-41-38-35-32-29-26-23-20-17-14-11-8-5-2/h26,29,47H,4-25,27-28,30-46H2,1-3H3/b29-26-. The van der Waals surface area contributed by atoms with Crippen LogP contribution in [0.2, 0.25) is 0 Å². The van der Waals surface area contributed by atoms with Gasteiger partial charge in [-0.05, 0) is 44.9 Å². The second kappa shape index (κ2) is 45.8. The maximum Gasteiger partial charge on any atom is 0.306 e. The molecule has 0 aromatic heterocycles. The van der Waals surface area contributed by atoms with Crippen molar-refractivity contribution in [3.8, 4) is 0 Å². The highest BCUT2D eigenvalue weighted by Gasteiger charge is 2.19. The van der Waals surface area contributed by atoms with Gasteiger partial charge in [0.2, 0.25) is 0 Å². The largest absolute Gasteiger partial charge is 0.462 e. The van der Waals surface area contributed by atoms with E-state index in [1.54, 1.807) is 0 Å². The quantitative estimate of drug-likeness (QED) is 0.0264. The summed E-state index contributed by atoms with van der Waals surface area (Å²) >= 11 is 0. The monoisotopic (exact) mass is 791 g/mol. The zero-order valence-corrected chi connectivity index (χ0v) is 37.7. The Labute approximate surface area is 348 Å². The van der Waals surface area contributed by atoms with Gasteiger partial charge in [0.25, 0.3) is 0 Å². The van der Waals surface area contributed by atoms with Crippen LogP contribution in [0, 0.1) is 0 Å². The first-order valence-electron chi connectivity index (χ1n) is 24.7. The lowest BCUT2D eigenvalue weighted by Gasteiger charge is -2.18. The van der Waals surface area contributed by atoms with Crippen LogP contribution in [0.3, 0.4) is 0 Å². The predicted molar refractivity (Wildman–Crippen MR) is 238 cm³/mol. The molecule has 0 fully saturated rings. The van der Waals surface area contributed by atoms with Crippen LogP contribution >= 0.6 is 0 Å². The van der Waals surface area contributed by atoms with Gasteiger partial charge in [0.15, 0.2) is 6.10 Å². The Balaban J connectivity index is 4.33. The molecule has 0 N–H and O–H groups in total. The fraction of sp³-hybridized carbons (Fsp3) is 0.900. The average Bonchev–Trinajstić information content (AvgIpc) is 3.19. The fourth-order valence-electron chi connectivity index (χ4n) is 7.26. The summed E-state index contributed by atoms with van der Waals surface area (Å²) in [4.78, 5) is 37.8. The van der Waals surface area contributed by atoms with Gasteiger partial charge in [-0.25, -0.2) is 0 Å². The molecule has 0 amide bonds. The summed E-state index contributed by atoms with van der Waals surface area (Å²) in [7, 11) is 0. The molecular weight excluding hydrogens is 697 g/mol. The van der Waals surface area contributed by atoms with Crippen molar-refractivity contribution in [1.82, 2.24) is 0 Å². The van der Waals surface area contributed by atoms with E-state index in [0.717, 1.165) is 70.6 Å².